The van der Waals surface area contributed by atoms with Gasteiger partial charge in [0.05, 0.1) is 13.6 Å². The van der Waals surface area contributed by atoms with Gasteiger partial charge in [0.25, 0.3) is 0 Å². The van der Waals surface area contributed by atoms with Crippen LogP contribution < -0.4 is 4.57 Å². The number of unbranched alkanes of at least 4 members (excludes halogenated alkanes) is 3. The van der Waals surface area contributed by atoms with E-state index in [-0.39, 0.29) is 0 Å². The lowest BCUT2D eigenvalue weighted by Crippen LogP contribution is -2.30. The molecule has 0 aliphatic carbocycles. The summed E-state index contributed by atoms with van der Waals surface area (Å²) in [6, 6.07) is 0. The Balaban J connectivity index is 0. The number of imidazole rings is 1. The largest absolute Gasteiger partial charge is 0.673 e. The molecule has 124 valence electrons. The first-order valence-electron chi connectivity index (χ1n) is 6.48. The number of nitrogens with zero attached hydrogens (tertiary/aromatic N) is 2. The molecule has 1 aromatic rings. The monoisotopic (exact) mass is 316 g/mol. The summed E-state index contributed by atoms with van der Waals surface area (Å²) >= 11 is 0. The quantitative estimate of drug-likeness (QED) is 0.330. The maximum absolute atomic E-state index is 9.75. The van der Waals surface area contributed by atoms with Crippen LogP contribution in [0.2, 0.25) is 0 Å². The summed E-state index contributed by atoms with van der Waals surface area (Å²) in [5, 5.41) is 21.5. The van der Waals surface area contributed by atoms with Crippen molar-refractivity contribution in [3.8, 4) is 0 Å². The van der Waals surface area contributed by atoms with E-state index in [0.717, 1.165) is 0 Å². The molecule has 0 saturated carbocycles. The molecule has 0 fully saturated rings. The van der Waals surface area contributed by atoms with E-state index in [0.29, 0.717) is 0 Å². The normalized spacial score (nSPS) is 10.1. The zero-order valence-corrected chi connectivity index (χ0v) is 12.2. The Morgan fingerprint density at radius 3 is 1.90 bits per heavy atom. The second-order valence-corrected chi connectivity index (χ2v) is 4.22. The molecule has 0 unspecified atom stereocenters. The number of hydrogen-bond donors (Lipinski definition) is 3. The molecule has 0 bridgehead atoms. The van der Waals surface area contributed by atoms with Crippen LogP contribution in [0.15, 0.2) is 18.7 Å². The molecule has 21 heavy (non-hydrogen) atoms. The molecule has 0 spiro atoms. The van der Waals surface area contributed by atoms with E-state index in [9.17, 15) is 17.3 Å². The Morgan fingerprint density at radius 1 is 1.10 bits per heavy atom. The van der Waals surface area contributed by atoms with Crippen molar-refractivity contribution < 1.29 is 36.9 Å². The topological polar surface area (TPSA) is 69.5 Å². The van der Waals surface area contributed by atoms with Crippen LogP contribution in [-0.2, 0) is 13.6 Å². The van der Waals surface area contributed by atoms with Crippen LogP contribution in [0, 0.1) is 0 Å². The summed E-state index contributed by atoms with van der Waals surface area (Å²) in [6.07, 6.45) is 11.7. The average Bonchev–Trinajstić information content (AvgIpc) is 2.67. The van der Waals surface area contributed by atoms with Crippen LogP contribution in [-0.4, -0.2) is 34.2 Å². The van der Waals surface area contributed by atoms with Crippen molar-refractivity contribution in [3.63, 3.8) is 0 Å². The first kappa shape index (κ1) is 22.2. The SMILES string of the molecule is CCCCCC[n+]1ccn(C)c1.F[B-](F)(F)F.OB(O)O. The van der Waals surface area contributed by atoms with Gasteiger partial charge in [0, 0.05) is 0 Å². The Labute approximate surface area is 122 Å². The van der Waals surface area contributed by atoms with Crippen LogP contribution in [0.1, 0.15) is 32.6 Å². The lowest BCUT2D eigenvalue weighted by molar-refractivity contribution is -0.696. The molecule has 0 saturated heterocycles. The maximum Gasteiger partial charge on any atom is 0.673 e. The van der Waals surface area contributed by atoms with Crippen molar-refractivity contribution in [1.82, 2.24) is 4.57 Å². The summed E-state index contributed by atoms with van der Waals surface area (Å²) in [5.41, 5.74) is 0. The first-order valence-corrected chi connectivity index (χ1v) is 6.48. The lowest BCUT2D eigenvalue weighted by atomic mass is 10.2. The van der Waals surface area contributed by atoms with Crippen molar-refractivity contribution in [2.24, 2.45) is 7.05 Å². The maximum atomic E-state index is 9.75. The molecule has 0 radical (unpaired) electrons. The summed E-state index contributed by atoms with van der Waals surface area (Å²) < 4.78 is 43.3. The molecule has 0 aliphatic heterocycles. The van der Waals surface area contributed by atoms with E-state index in [1.807, 2.05) is 0 Å². The van der Waals surface area contributed by atoms with Gasteiger partial charge in [-0.15, -0.1) is 0 Å². The second-order valence-electron chi connectivity index (χ2n) is 4.22. The van der Waals surface area contributed by atoms with Crippen LogP contribution in [0.3, 0.4) is 0 Å². The van der Waals surface area contributed by atoms with Gasteiger partial charge in [-0.3, -0.25) is 0 Å². The minimum atomic E-state index is -6.00. The number of aromatic nitrogens is 2. The van der Waals surface area contributed by atoms with E-state index in [1.54, 1.807) is 0 Å². The predicted molar refractivity (Wildman–Crippen MR) is 72.3 cm³/mol. The van der Waals surface area contributed by atoms with Gasteiger partial charge < -0.3 is 32.3 Å². The second kappa shape index (κ2) is 12.7. The molecule has 1 rings (SSSR count). The Kier molecular flexibility index (Phi) is 13.4. The van der Waals surface area contributed by atoms with Gasteiger partial charge in [0.15, 0.2) is 0 Å². The Morgan fingerprint density at radius 2 is 1.57 bits per heavy atom. The lowest BCUT2D eigenvalue weighted by Gasteiger charge is -1.95. The third kappa shape index (κ3) is 28.0. The molecule has 0 atom stereocenters. The minimum Gasteiger partial charge on any atom is -0.418 e. The van der Waals surface area contributed by atoms with Gasteiger partial charge in [-0.2, -0.15) is 0 Å². The summed E-state index contributed by atoms with van der Waals surface area (Å²) in [6.45, 7) is 3.41. The van der Waals surface area contributed by atoms with Gasteiger partial charge in [-0.05, 0) is 12.8 Å². The average molecular weight is 316 g/mol. The summed E-state index contributed by atoms with van der Waals surface area (Å²) in [7, 11) is -6.11. The van der Waals surface area contributed by atoms with Crippen molar-refractivity contribution in [1.29, 1.82) is 0 Å². The highest BCUT2D eigenvalue weighted by Gasteiger charge is 2.20. The van der Waals surface area contributed by atoms with E-state index >= 15 is 0 Å². The highest BCUT2D eigenvalue weighted by atomic mass is 19.5. The van der Waals surface area contributed by atoms with E-state index in [1.165, 1.54) is 32.2 Å². The summed E-state index contributed by atoms with van der Waals surface area (Å²) in [4.78, 5) is 0. The summed E-state index contributed by atoms with van der Waals surface area (Å²) in [5.74, 6) is 0. The van der Waals surface area contributed by atoms with E-state index < -0.39 is 14.6 Å². The standard InChI is InChI=1S/C10H19N2.BF4.BH3O3/c1-3-4-5-6-7-12-9-8-11(2)10-12;2-1(3,4)5;2-1(3)4/h8-10H,3-7H2,1-2H3;;2-4H/q+1;-1;. The van der Waals surface area contributed by atoms with Crippen LogP contribution >= 0.6 is 0 Å². The molecule has 11 heteroatoms. The number of hydrogen-bond acceptors (Lipinski definition) is 3. The van der Waals surface area contributed by atoms with Crippen LogP contribution in [0.5, 0.6) is 0 Å². The van der Waals surface area contributed by atoms with E-state index in [2.05, 4.69) is 41.8 Å². The van der Waals surface area contributed by atoms with Gasteiger partial charge in [0.2, 0.25) is 6.33 Å². The van der Waals surface area contributed by atoms with Gasteiger partial charge >= 0.3 is 14.6 Å². The fraction of sp³-hybridized carbons (Fsp3) is 0.700. The number of aryl methyl sites for hydroxylation is 2. The predicted octanol–water partition coefficient (Wildman–Crippen LogP) is 1.14. The molecular weight excluding hydrogens is 294 g/mol. The third-order valence-corrected chi connectivity index (χ3v) is 2.09. The molecule has 3 N–H and O–H groups in total. The highest BCUT2D eigenvalue weighted by Crippen LogP contribution is 2.06. The van der Waals surface area contributed by atoms with Gasteiger partial charge in [-0.25, -0.2) is 9.13 Å². The molecule has 1 aromatic heterocycles. The fourth-order valence-electron chi connectivity index (χ4n) is 1.36. The minimum absolute atomic E-state index is 1.17. The van der Waals surface area contributed by atoms with Crippen LogP contribution in [0.4, 0.5) is 17.3 Å². The molecule has 0 aromatic carbocycles. The molecule has 0 amide bonds. The zero-order valence-electron chi connectivity index (χ0n) is 12.2. The molecule has 5 nitrogen and oxygen atoms in total. The number of halogens is 4. The molecule has 1 heterocycles. The molecule has 0 aliphatic rings. The molecular formula is C10H22B2F4N2O3. The smallest absolute Gasteiger partial charge is 0.418 e. The first-order chi connectivity index (χ1) is 9.56. The number of rotatable bonds is 5. The van der Waals surface area contributed by atoms with Crippen molar-refractivity contribution in [2.45, 2.75) is 39.2 Å². The van der Waals surface area contributed by atoms with Crippen LogP contribution in [0.25, 0.3) is 0 Å². The third-order valence-electron chi connectivity index (χ3n) is 2.09. The van der Waals surface area contributed by atoms with Crippen molar-refractivity contribution in [3.05, 3.63) is 18.7 Å². The van der Waals surface area contributed by atoms with Gasteiger partial charge in [-0.1, -0.05) is 19.8 Å². The van der Waals surface area contributed by atoms with E-state index in [4.69, 9.17) is 15.1 Å². The fourth-order valence-corrected chi connectivity index (χ4v) is 1.36. The Hall–Kier alpha value is -1.06. The van der Waals surface area contributed by atoms with Gasteiger partial charge in [0.1, 0.15) is 12.4 Å². The zero-order chi connectivity index (χ0) is 16.9. The Bertz CT molecular complexity index is 343. The highest BCUT2D eigenvalue weighted by molar-refractivity contribution is 6.50. The van der Waals surface area contributed by atoms with Crippen molar-refractivity contribution in [2.75, 3.05) is 0 Å². The van der Waals surface area contributed by atoms with Crippen molar-refractivity contribution >= 4 is 14.6 Å².